The summed E-state index contributed by atoms with van der Waals surface area (Å²) in [4.78, 5) is -0.363. The van der Waals surface area contributed by atoms with Crippen LogP contribution in [0.4, 0.5) is 10.1 Å². The highest BCUT2D eigenvalue weighted by atomic mass is 32.2. The molecule has 112 valence electrons. The summed E-state index contributed by atoms with van der Waals surface area (Å²) in [6.07, 6.45) is 4.88. The van der Waals surface area contributed by atoms with Crippen LogP contribution in [-0.4, -0.2) is 14.5 Å². The third kappa shape index (κ3) is 3.30. The van der Waals surface area contributed by atoms with Crippen molar-refractivity contribution in [1.29, 1.82) is 0 Å². The normalized spacial score (nSPS) is 23.7. The van der Waals surface area contributed by atoms with Crippen molar-refractivity contribution >= 4 is 15.7 Å². The first-order valence-corrected chi connectivity index (χ1v) is 8.49. The van der Waals surface area contributed by atoms with Crippen molar-refractivity contribution in [3.05, 3.63) is 24.0 Å². The van der Waals surface area contributed by atoms with Gasteiger partial charge in [-0.2, -0.15) is 0 Å². The molecule has 2 atom stereocenters. The lowest BCUT2D eigenvalue weighted by Gasteiger charge is -2.31. The fourth-order valence-corrected chi connectivity index (χ4v) is 4.29. The molecule has 2 rings (SSSR count). The zero-order valence-corrected chi connectivity index (χ0v) is 12.4. The van der Waals surface area contributed by atoms with Gasteiger partial charge in [0.2, 0.25) is 10.0 Å². The first-order valence-electron chi connectivity index (χ1n) is 7.01. The summed E-state index contributed by atoms with van der Waals surface area (Å²) in [7, 11) is -3.86. The van der Waals surface area contributed by atoms with Gasteiger partial charge in [0.25, 0.3) is 0 Å². The minimum absolute atomic E-state index is 0.111. The van der Waals surface area contributed by atoms with E-state index in [-0.39, 0.29) is 16.6 Å². The van der Waals surface area contributed by atoms with Crippen LogP contribution in [0.3, 0.4) is 0 Å². The molecule has 1 aromatic rings. The Kier molecular flexibility index (Phi) is 4.65. The second-order valence-electron chi connectivity index (χ2n) is 5.37. The van der Waals surface area contributed by atoms with Gasteiger partial charge in [0.05, 0.1) is 0 Å². The van der Waals surface area contributed by atoms with Crippen molar-refractivity contribution < 1.29 is 12.8 Å². The lowest BCUT2D eigenvalue weighted by Crippen LogP contribution is -2.42. The summed E-state index contributed by atoms with van der Waals surface area (Å²) in [5.41, 5.74) is 5.79. The van der Waals surface area contributed by atoms with E-state index in [1.54, 1.807) is 0 Å². The van der Waals surface area contributed by atoms with E-state index in [0.717, 1.165) is 38.2 Å². The van der Waals surface area contributed by atoms with E-state index in [2.05, 4.69) is 11.6 Å². The van der Waals surface area contributed by atoms with Crippen LogP contribution in [-0.2, 0) is 10.0 Å². The van der Waals surface area contributed by atoms with E-state index in [1.807, 2.05) is 0 Å². The van der Waals surface area contributed by atoms with Gasteiger partial charge >= 0.3 is 0 Å². The largest absolute Gasteiger partial charge is 0.399 e. The van der Waals surface area contributed by atoms with Gasteiger partial charge < -0.3 is 5.73 Å². The quantitative estimate of drug-likeness (QED) is 0.840. The SMILES string of the molecule is CCC1CCCCC1NS(=O)(=O)c1cc(N)ccc1F. The number of halogens is 1. The number of nitrogens with one attached hydrogen (secondary N) is 1. The van der Waals surface area contributed by atoms with Crippen molar-refractivity contribution in [1.82, 2.24) is 4.72 Å². The van der Waals surface area contributed by atoms with Crippen molar-refractivity contribution in [3.63, 3.8) is 0 Å². The molecule has 0 aliphatic heterocycles. The van der Waals surface area contributed by atoms with Crippen LogP contribution in [0.5, 0.6) is 0 Å². The van der Waals surface area contributed by atoms with Gasteiger partial charge in [-0.1, -0.05) is 26.2 Å². The summed E-state index contributed by atoms with van der Waals surface area (Å²) in [6, 6.07) is 3.49. The highest BCUT2D eigenvalue weighted by Crippen LogP contribution is 2.28. The van der Waals surface area contributed by atoms with Crippen molar-refractivity contribution in [2.24, 2.45) is 5.92 Å². The lowest BCUT2D eigenvalue weighted by molar-refractivity contribution is 0.282. The van der Waals surface area contributed by atoms with Crippen LogP contribution in [0.15, 0.2) is 23.1 Å². The Morgan fingerprint density at radius 1 is 1.35 bits per heavy atom. The van der Waals surface area contributed by atoms with Gasteiger partial charge in [0.1, 0.15) is 10.7 Å². The van der Waals surface area contributed by atoms with E-state index < -0.39 is 15.8 Å². The van der Waals surface area contributed by atoms with Crippen LogP contribution in [0.25, 0.3) is 0 Å². The Morgan fingerprint density at radius 2 is 2.05 bits per heavy atom. The molecule has 1 aliphatic carbocycles. The van der Waals surface area contributed by atoms with Crippen molar-refractivity contribution in [3.8, 4) is 0 Å². The fraction of sp³-hybridized carbons (Fsp3) is 0.571. The molecule has 20 heavy (non-hydrogen) atoms. The molecule has 3 N–H and O–H groups in total. The molecule has 0 saturated heterocycles. The zero-order chi connectivity index (χ0) is 14.8. The van der Waals surface area contributed by atoms with Gasteiger partial charge in [-0.3, -0.25) is 0 Å². The van der Waals surface area contributed by atoms with Gasteiger partial charge in [0.15, 0.2) is 0 Å². The number of hydrogen-bond donors (Lipinski definition) is 2. The molecule has 1 aliphatic rings. The molecule has 0 aromatic heterocycles. The van der Waals surface area contributed by atoms with Crippen LogP contribution in [0.1, 0.15) is 39.0 Å². The van der Waals surface area contributed by atoms with Gasteiger partial charge in [-0.25, -0.2) is 17.5 Å². The zero-order valence-electron chi connectivity index (χ0n) is 11.6. The summed E-state index contributed by atoms with van der Waals surface area (Å²) in [5, 5.41) is 0. The van der Waals surface area contributed by atoms with Crippen molar-refractivity contribution in [2.45, 2.75) is 50.0 Å². The Bertz CT molecular complexity index is 575. The van der Waals surface area contributed by atoms with Crippen LogP contribution in [0, 0.1) is 11.7 Å². The molecule has 0 heterocycles. The number of nitrogens with two attached hydrogens (primary N) is 1. The number of sulfonamides is 1. The second-order valence-corrected chi connectivity index (χ2v) is 7.05. The highest BCUT2D eigenvalue weighted by molar-refractivity contribution is 7.89. The Balaban J connectivity index is 2.24. The maximum atomic E-state index is 13.7. The molecule has 1 aromatic carbocycles. The first kappa shape index (κ1) is 15.3. The van der Waals surface area contributed by atoms with Gasteiger partial charge in [-0.15, -0.1) is 0 Å². The van der Waals surface area contributed by atoms with Crippen LogP contribution in [0.2, 0.25) is 0 Å². The van der Waals surface area contributed by atoms with E-state index >= 15 is 0 Å². The van der Waals surface area contributed by atoms with E-state index in [4.69, 9.17) is 5.73 Å². The Labute approximate surface area is 119 Å². The highest BCUT2D eigenvalue weighted by Gasteiger charge is 2.29. The second kappa shape index (κ2) is 6.10. The predicted molar refractivity (Wildman–Crippen MR) is 77.2 cm³/mol. The molecule has 2 unspecified atom stereocenters. The topological polar surface area (TPSA) is 72.2 Å². The average Bonchev–Trinajstić information content (AvgIpc) is 2.41. The Hall–Kier alpha value is -1.14. The Morgan fingerprint density at radius 3 is 2.75 bits per heavy atom. The van der Waals surface area contributed by atoms with Crippen LogP contribution < -0.4 is 10.5 Å². The minimum atomic E-state index is -3.86. The average molecular weight is 300 g/mol. The molecule has 6 heteroatoms. The van der Waals surface area contributed by atoms with Gasteiger partial charge in [0, 0.05) is 11.7 Å². The molecule has 1 saturated carbocycles. The number of benzene rings is 1. The fourth-order valence-electron chi connectivity index (χ4n) is 2.84. The molecule has 0 radical (unpaired) electrons. The molecule has 1 fully saturated rings. The molecule has 0 amide bonds. The minimum Gasteiger partial charge on any atom is -0.399 e. The monoisotopic (exact) mass is 300 g/mol. The summed E-state index contributed by atoms with van der Waals surface area (Å²) in [5.74, 6) is -0.446. The third-order valence-corrected chi connectivity index (χ3v) is 5.49. The van der Waals surface area contributed by atoms with Gasteiger partial charge in [-0.05, 0) is 37.0 Å². The summed E-state index contributed by atoms with van der Waals surface area (Å²) in [6.45, 7) is 2.05. The van der Waals surface area contributed by atoms with E-state index in [9.17, 15) is 12.8 Å². The first-order chi connectivity index (χ1) is 9.44. The molecular weight excluding hydrogens is 279 g/mol. The molecule has 4 nitrogen and oxygen atoms in total. The predicted octanol–water partition coefficient (Wildman–Crippen LogP) is 2.66. The standard InChI is InChI=1S/C14H21FN2O2S/c1-2-10-5-3-4-6-13(10)17-20(18,19)14-9-11(16)7-8-12(14)15/h7-10,13,17H,2-6,16H2,1H3. The third-order valence-electron chi connectivity index (χ3n) is 3.98. The number of anilines is 1. The van der Waals surface area contributed by atoms with Crippen molar-refractivity contribution in [2.75, 3.05) is 5.73 Å². The van der Waals surface area contributed by atoms with E-state index in [1.165, 1.54) is 12.1 Å². The molecule has 0 spiro atoms. The summed E-state index contributed by atoms with van der Waals surface area (Å²) < 4.78 is 41.0. The number of nitrogen functional groups attached to an aromatic ring is 1. The maximum absolute atomic E-state index is 13.7. The maximum Gasteiger partial charge on any atom is 0.243 e. The van der Waals surface area contributed by atoms with E-state index in [0.29, 0.717) is 5.92 Å². The smallest absolute Gasteiger partial charge is 0.243 e. The summed E-state index contributed by atoms with van der Waals surface area (Å²) >= 11 is 0. The molecular formula is C14H21FN2O2S. The number of hydrogen-bond acceptors (Lipinski definition) is 3. The lowest BCUT2D eigenvalue weighted by atomic mass is 9.83. The molecule has 0 bridgehead atoms. The van der Waals surface area contributed by atoms with Crippen LogP contribution >= 0.6 is 0 Å². The number of rotatable bonds is 4.